The largest absolute Gasteiger partial charge is 0.326 e. The first-order valence-electron chi connectivity index (χ1n) is 12.4. The molecule has 2 bridgehead atoms. The third kappa shape index (κ3) is 4.62. The first-order chi connectivity index (χ1) is 17.2. The Morgan fingerprint density at radius 1 is 0.886 bits per heavy atom. The second-order valence-corrected chi connectivity index (χ2v) is 9.66. The Morgan fingerprint density at radius 3 is 2.29 bits per heavy atom. The molecule has 1 N–H and O–H groups in total. The fourth-order valence-electron chi connectivity index (χ4n) is 5.58. The van der Waals surface area contributed by atoms with E-state index in [2.05, 4.69) is 69.1 Å². The number of fused-ring (bicyclic) bond motifs is 3. The zero-order valence-corrected chi connectivity index (χ0v) is 19.6. The normalized spacial score (nSPS) is 23.2. The van der Waals surface area contributed by atoms with Crippen molar-refractivity contribution >= 4 is 11.6 Å². The average Bonchev–Trinajstić information content (AvgIpc) is 3.39. The maximum Gasteiger partial charge on any atom is 0.229 e. The van der Waals surface area contributed by atoms with E-state index >= 15 is 0 Å². The smallest absolute Gasteiger partial charge is 0.229 e. The molecule has 0 aliphatic carbocycles. The summed E-state index contributed by atoms with van der Waals surface area (Å²) in [4.78, 5) is 15.4. The van der Waals surface area contributed by atoms with Crippen LogP contribution >= 0.6 is 0 Å². The highest BCUT2D eigenvalue weighted by molar-refractivity contribution is 5.93. The van der Waals surface area contributed by atoms with Crippen LogP contribution in [0.5, 0.6) is 0 Å². The van der Waals surface area contributed by atoms with Gasteiger partial charge in [-0.15, -0.1) is 5.10 Å². The summed E-state index contributed by atoms with van der Waals surface area (Å²) in [5.74, 6) is 0.614. The summed E-state index contributed by atoms with van der Waals surface area (Å²) < 4.78 is 1.96. The molecule has 3 aliphatic rings. The van der Waals surface area contributed by atoms with Gasteiger partial charge in [0.05, 0.1) is 18.7 Å². The predicted molar refractivity (Wildman–Crippen MR) is 138 cm³/mol. The molecule has 3 aliphatic heterocycles. The molecule has 1 aromatic heterocycles. The first kappa shape index (κ1) is 21.7. The number of aromatic nitrogens is 3. The molecule has 3 fully saturated rings. The van der Waals surface area contributed by atoms with Crippen LogP contribution < -0.4 is 5.32 Å². The molecular formula is C29H29N5O. The van der Waals surface area contributed by atoms with Gasteiger partial charge in [0.25, 0.3) is 0 Å². The van der Waals surface area contributed by atoms with Crippen molar-refractivity contribution in [1.29, 1.82) is 0 Å². The molecule has 4 aromatic rings. The van der Waals surface area contributed by atoms with Gasteiger partial charge in [0, 0.05) is 23.8 Å². The maximum atomic E-state index is 12.9. The lowest BCUT2D eigenvalue weighted by Crippen LogP contribution is -2.57. The van der Waals surface area contributed by atoms with Gasteiger partial charge in [0.1, 0.15) is 5.69 Å². The molecule has 0 radical (unpaired) electrons. The summed E-state index contributed by atoms with van der Waals surface area (Å²) >= 11 is 0. The van der Waals surface area contributed by atoms with Gasteiger partial charge in [-0.25, -0.2) is 0 Å². The van der Waals surface area contributed by atoms with Crippen molar-refractivity contribution in [3.63, 3.8) is 0 Å². The summed E-state index contributed by atoms with van der Waals surface area (Å²) in [5, 5.41) is 12.0. The van der Waals surface area contributed by atoms with Crippen molar-refractivity contribution in [3.05, 3.63) is 91.1 Å². The highest BCUT2D eigenvalue weighted by atomic mass is 16.2. The van der Waals surface area contributed by atoms with Crippen LogP contribution in [-0.2, 0) is 11.3 Å². The van der Waals surface area contributed by atoms with Crippen molar-refractivity contribution in [2.45, 2.75) is 25.4 Å². The van der Waals surface area contributed by atoms with Gasteiger partial charge in [0.15, 0.2) is 0 Å². The third-order valence-electron chi connectivity index (χ3n) is 7.48. The number of carbonyl (C=O) groups excluding carboxylic acids is 1. The number of piperidine rings is 3. The molecule has 4 atom stereocenters. The summed E-state index contributed by atoms with van der Waals surface area (Å²) in [6.07, 6.45) is 4.15. The Morgan fingerprint density at radius 2 is 1.57 bits per heavy atom. The number of para-hydroxylation sites is 1. The lowest BCUT2D eigenvalue weighted by molar-refractivity contribution is -0.127. The van der Waals surface area contributed by atoms with Crippen LogP contribution in [0.1, 0.15) is 12.8 Å². The van der Waals surface area contributed by atoms with Gasteiger partial charge in [-0.2, -0.15) is 0 Å². The highest BCUT2D eigenvalue weighted by Crippen LogP contribution is 2.37. The highest BCUT2D eigenvalue weighted by Gasteiger charge is 2.43. The molecule has 6 heteroatoms. The number of nitrogens with zero attached hydrogens (tertiary/aromatic N) is 4. The number of nitrogens with one attached hydrogen (secondary N) is 1. The number of rotatable bonds is 6. The number of carbonyl (C=O) groups is 1. The zero-order chi connectivity index (χ0) is 23.6. The van der Waals surface area contributed by atoms with Crippen molar-refractivity contribution < 1.29 is 4.79 Å². The van der Waals surface area contributed by atoms with Crippen LogP contribution in [0.3, 0.4) is 0 Å². The van der Waals surface area contributed by atoms with Crippen LogP contribution in [0.2, 0.25) is 0 Å². The molecule has 0 spiro atoms. The Balaban J connectivity index is 1.09. The molecule has 0 saturated carbocycles. The molecule has 6 nitrogen and oxygen atoms in total. The number of anilines is 1. The fourth-order valence-corrected chi connectivity index (χ4v) is 5.58. The number of hydrogen-bond donors (Lipinski definition) is 1. The fraction of sp³-hybridized carbons (Fsp3) is 0.276. The lowest BCUT2D eigenvalue weighted by Gasteiger charge is -2.49. The Hall–Kier alpha value is -3.77. The minimum absolute atomic E-state index is 0.0506. The number of amides is 1. The molecule has 4 heterocycles. The van der Waals surface area contributed by atoms with E-state index < -0.39 is 0 Å². The molecule has 7 rings (SSSR count). The monoisotopic (exact) mass is 463 g/mol. The molecular weight excluding hydrogens is 434 g/mol. The Labute approximate surface area is 205 Å². The Kier molecular flexibility index (Phi) is 5.88. The van der Waals surface area contributed by atoms with Gasteiger partial charge in [-0.1, -0.05) is 78.0 Å². The SMILES string of the molecule is O=C(Nc1ccccc1)[C@H]1CN2CC[C@@H]1C[C@@H]2Cn1cc(-c2ccc(-c3ccccc3)cc2)nn1. The van der Waals surface area contributed by atoms with Gasteiger partial charge >= 0.3 is 0 Å². The van der Waals surface area contributed by atoms with E-state index in [1.165, 1.54) is 11.1 Å². The number of benzene rings is 3. The van der Waals surface area contributed by atoms with E-state index in [9.17, 15) is 4.79 Å². The van der Waals surface area contributed by atoms with E-state index in [1.807, 2.05) is 47.3 Å². The van der Waals surface area contributed by atoms with Crippen LogP contribution in [0.25, 0.3) is 22.4 Å². The molecule has 3 aromatic carbocycles. The summed E-state index contributed by atoms with van der Waals surface area (Å²) in [6, 6.07) is 29.0. The minimum atomic E-state index is 0.0506. The zero-order valence-electron chi connectivity index (χ0n) is 19.6. The second kappa shape index (κ2) is 9.47. The lowest BCUT2D eigenvalue weighted by atomic mass is 9.75. The van der Waals surface area contributed by atoms with Crippen molar-refractivity contribution in [2.24, 2.45) is 11.8 Å². The first-order valence-corrected chi connectivity index (χ1v) is 12.4. The second-order valence-electron chi connectivity index (χ2n) is 9.66. The average molecular weight is 464 g/mol. The topological polar surface area (TPSA) is 63.1 Å². The quantitative estimate of drug-likeness (QED) is 0.439. The molecule has 3 saturated heterocycles. The standard InChI is InChI=1S/C29H29N5O/c35-29(30-25-9-5-2-6-10-25)27-19-33-16-15-24(27)17-26(33)18-34-20-28(31-32-34)23-13-11-22(12-14-23)21-7-3-1-4-8-21/h1-14,20,24,26-27H,15-19H2,(H,30,35)/t24-,26-,27+/m1/s1. The van der Waals surface area contributed by atoms with Crippen LogP contribution in [0.15, 0.2) is 91.1 Å². The van der Waals surface area contributed by atoms with E-state index in [0.29, 0.717) is 12.0 Å². The summed E-state index contributed by atoms with van der Waals surface area (Å²) in [6.45, 7) is 2.67. The van der Waals surface area contributed by atoms with Gasteiger partial charge in [-0.05, 0) is 48.6 Å². The molecule has 176 valence electrons. The maximum absolute atomic E-state index is 12.9. The van der Waals surface area contributed by atoms with Gasteiger partial charge in [-0.3, -0.25) is 14.4 Å². The summed E-state index contributed by atoms with van der Waals surface area (Å²) in [7, 11) is 0. The van der Waals surface area contributed by atoms with Gasteiger partial charge < -0.3 is 5.32 Å². The van der Waals surface area contributed by atoms with Crippen molar-refractivity contribution in [1.82, 2.24) is 19.9 Å². The molecule has 1 amide bonds. The van der Waals surface area contributed by atoms with Crippen LogP contribution in [0.4, 0.5) is 5.69 Å². The predicted octanol–water partition coefficient (Wildman–Crippen LogP) is 4.96. The van der Waals surface area contributed by atoms with Crippen LogP contribution in [-0.4, -0.2) is 44.9 Å². The van der Waals surface area contributed by atoms with E-state index in [4.69, 9.17) is 0 Å². The van der Waals surface area contributed by atoms with E-state index in [0.717, 1.165) is 49.4 Å². The third-order valence-corrected chi connectivity index (χ3v) is 7.48. The van der Waals surface area contributed by atoms with Gasteiger partial charge in [0.2, 0.25) is 5.91 Å². The van der Waals surface area contributed by atoms with Crippen molar-refractivity contribution in [3.8, 4) is 22.4 Å². The Bertz CT molecular complexity index is 1290. The van der Waals surface area contributed by atoms with E-state index in [-0.39, 0.29) is 11.8 Å². The molecule has 1 unspecified atom stereocenters. The minimum Gasteiger partial charge on any atom is -0.326 e. The van der Waals surface area contributed by atoms with Crippen molar-refractivity contribution in [2.75, 3.05) is 18.4 Å². The summed E-state index contributed by atoms with van der Waals surface area (Å²) in [5.41, 5.74) is 5.23. The number of hydrogen-bond acceptors (Lipinski definition) is 4. The molecule has 35 heavy (non-hydrogen) atoms. The van der Waals surface area contributed by atoms with Crippen LogP contribution in [0, 0.1) is 11.8 Å². The van der Waals surface area contributed by atoms with E-state index in [1.54, 1.807) is 0 Å².